The molecule has 0 radical (unpaired) electrons. The number of nitrogens with two attached hydrogens (primary N) is 1. The van der Waals surface area contributed by atoms with Gasteiger partial charge >= 0.3 is 18.0 Å². The van der Waals surface area contributed by atoms with Crippen LogP contribution in [0, 0.1) is 17.8 Å². The molecule has 15 aliphatic rings. The third-order valence-corrected chi connectivity index (χ3v) is 25.3. The summed E-state index contributed by atoms with van der Waals surface area (Å²) in [6, 6.07) is 37.0. The van der Waals surface area contributed by atoms with Crippen molar-refractivity contribution in [1.82, 2.24) is 30.2 Å². The molecule has 0 unspecified atom stereocenters. The van der Waals surface area contributed by atoms with Gasteiger partial charge in [0.2, 0.25) is 35.4 Å². The van der Waals surface area contributed by atoms with E-state index in [2.05, 4.69) is 66.8 Å². The van der Waals surface area contributed by atoms with Gasteiger partial charge < -0.3 is 99.6 Å². The van der Waals surface area contributed by atoms with Gasteiger partial charge in [-0.05, 0) is 192 Å². The zero-order valence-corrected chi connectivity index (χ0v) is 71.0. The number of nitrogens with zero attached hydrogens (tertiary/aromatic N) is 8. The van der Waals surface area contributed by atoms with Crippen LogP contribution >= 0.6 is 0 Å². The van der Waals surface area contributed by atoms with Gasteiger partial charge in [-0.1, -0.05) is 0 Å². The summed E-state index contributed by atoms with van der Waals surface area (Å²) in [5, 5.41) is 29.1. The molecule has 15 atom stereocenters. The Kier molecular flexibility index (Phi) is 20.9. The molecule has 10 aliphatic heterocycles. The predicted octanol–water partition coefficient (Wildman–Crippen LogP) is 13.6. The van der Waals surface area contributed by atoms with Crippen LogP contribution in [0.1, 0.15) is 145 Å². The molecule has 25 rings (SSSR count). The molecule has 37 nitrogen and oxygen atoms in total. The summed E-state index contributed by atoms with van der Waals surface area (Å²) < 4.78 is 69.7. The average Bonchev–Trinajstić information content (AvgIpc) is 1.57. The molecule has 5 fully saturated rings. The topological polar surface area (TPSA) is 496 Å². The van der Waals surface area contributed by atoms with Crippen molar-refractivity contribution in [2.24, 2.45) is 28.6 Å². The number of benzene rings is 5. The number of hydrogen-bond donors (Lipinski definition) is 8. The number of anilines is 5. The number of pyridine rings is 5. The summed E-state index contributed by atoms with van der Waals surface area (Å²) in [4.78, 5) is 128. The molecular weight excluding hydrogens is 1700 g/mol. The molecule has 0 spiro atoms. The number of aromatic nitrogens is 5. The first kappa shape index (κ1) is 83.3. The van der Waals surface area contributed by atoms with E-state index >= 15 is 0 Å². The van der Waals surface area contributed by atoms with Gasteiger partial charge in [0, 0.05) is 147 Å². The molecule has 0 bridgehead atoms. The van der Waals surface area contributed by atoms with E-state index < -0.39 is 35.4 Å². The monoisotopic (exact) mass is 1790 g/mol. The van der Waals surface area contributed by atoms with E-state index in [4.69, 9.17) is 68.1 Å². The van der Waals surface area contributed by atoms with Gasteiger partial charge in [0.15, 0.2) is 0 Å². The van der Waals surface area contributed by atoms with E-state index in [1.807, 2.05) is 99.6 Å². The maximum absolute atomic E-state index is 12.1. The van der Waals surface area contributed by atoms with Crippen molar-refractivity contribution in [1.29, 1.82) is 0 Å². The minimum Gasteiger partial charge on any atom is -0.489 e. The molecule has 5 saturated carbocycles. The quantitative estimate of drug-likeness (QED) is 0.0204. The lowest BCUT2D eigenvalue weighted by Crippen LogP contribution is -2.36. The summed E-state index contributed by atoms with van der Waals surface area (Å²) in [6.45, 7) is 7.67. The van der Waals surface area contributed by atoms with E-state index in [1.54, 1.807) is 80.4 Å². The van der Waals surface area contributed by atoms with Crippen LogP contribution in [0.25, 0.3) is 10.4 Å². The number of azide groups is 1. The summed E-state index contributed by atoms with van der Waals surface area (Å²) in [6.07, 6.45) is 12.0. The van der Waals surface area contributed by atoms with Crippen molar-refractivity contribution in [2.75, 3.05) is 33.2 Å². The fraction of sp³-hybridized carbons (Fsp3) is 0.326. The highest BCUT2D eigenvalue weighted by Crippen LogP contribution is 2.63. The van der Waals surface area contributed by atoms with Crippen molar-refractivity contribution in [2.45, 2.75) is 170 Å². The molecule has 37 heteroatoms. The number of alkyl carbamates (subject to hydrolysis) is 1. The highest BCUT2D eigenvalue weighted by Gasteiger charge is 2.66. The minimum atomic E-state index is -0.828. The largest absolute Gasteiger partial charge is 0.489 e. The lowest BCUT2D eigenvalue weighted by atomic mass is 10.1. The third-order valence-electron chi connectivity index (χ3n) is 25.3. The molecule has 5 aliphatic carbocycles. The SMILES string of the molecule is CC(C)(C)OC(=O)N[C@@H]1[C@H]2Oc3ccc(Oc4ccnc5c4CCC(=O)N5)cc3[C@@H]12.CCOC(=O)[C@@H]1[C@H]2Oc3ccc(Oc4ccnc5c4CCC(=O)N5)cc3[C@H]21.N[C@@H]1[C@H]2Oc3ccc(Oc4ccnc5c4CCC(=O)N5)cc3[C@@H]12.O=C1CCc2c(Oc3ccc4c(c3)[C@@H]3[C@H](O4)[C@H]3C(=O)O)ccnc2N1.[N-]=[N+]=NC(=O)[C@@H]1[C@H]2Oc3ccc(Oc4ccnc5c4CCC(=O)N5)cc3[C@H]21. The van der Waals surface area contributed by atoms with Gasteiger partial charge in [0.25, 0.3) is 0 Å². The number of carboxylic acids is 1. The van der Waals surface area contributed by atoms with Gasteiger partial charge in [-0.25, -0.2) is 29.7 Å². The van der Waals surface area contributed by atoms with Crippen molar-refractivity contribution in [3.8, 4) is 86.2 Å². The van der Waals surface area contributed by atoms with Crippen LogP contribution in [0.3, 0.4) is 0 Å². The van der Waals surface area contributed by atoms with Gasteiger partial charge in [-0.2, -0.15) is 0 Å². The third kappa shape index (κ3) is 16.2. The second kappa shape index (κ2) is 33.1. The number of carbonyl (C=O) groups excluding carboxylic acids is 8. The average molecular weight is 1790 g/mol. The number of ether oxygens (including phenoxy) is 12. The van der Waals surface area contributed by atoms with Crippen LogP contribution in [-0.2, 0) is 79.9 Å². The molecule has 9 N–H and O–H groups in total. The Hall–Kier alpha value is -15.7. The van der Waals surface area contributed by atoms with Crippen LogP contribution in [-0.4, -0.2) is 138 Å². The van der Waals surface area contributed by atoms with E-state index in [-0.39, 0.29) is 108 Å². The second-order valence-corrected chi connectivity index (χ2v) is 34.9. The lowest BCUT2D eigenvalue weighted by Gasteiger charge is -2.20. The number of hydrogen-bond acceptors (Lipinski definition) is 27. The lowest BCUT2D eigenvalue weighted by molar-refractivity contribution is -0.145. The number of rotatable bonds is 15. The normalized spacial score (nSPS) is 24.4. The molecule has 132 heavy (non-hydrogen) atoms. The first-order valence-electron chi connectivity index (χ1n) is 43.5. The number of carboxylic acid groups (broad SMARTS) is 1. The van der Waals surface area contributed by atoms with Gasteiger partial charge in [-0.15, -0.1) is 0 Å². The smallest absolute Gasteiger partial charge is 0.408 e. The first-order valence-corrected chi connectivity index (χ1v) is 43.5. The highest BCUT2D eigenvalue weighted by atomic mass is 16.6. The van der Waals surface area contributed by atoms with Crippen molar-refractivity contribution in [3.63, 3.8) is 0 Å². The highest BCUT2D eigenvalue weighted by molar-refractivity contribution is 5.97. The van der Waals surface area contributed by atoms with Crippen LogP contribution in [0.4, 0.5) is 33.9 Å². The molecule has 10 aromatic rings. The Morgan fingerprint density at radius 2 is 0.735 bits per heavy atom. The van der Waals surface area contributed by atoms with Crippen molar-refractivity contribution < 1.29 is 105 Å². The van der Waals surface area contributed by atoms with Gasteiger partial charge in [-0.3, -0.25) is 38.4 Å². The van der Waals surface area contributed by atoms with Crippen LogP contribution in [0.5, 0.6) is 86.2 Å². The van der Waals surface area contributed by atoms with E-state index in [9.17, 15) is 48.3 Å². The number of amides is 7. The molecule has 7 amide bonds. The van der Waals surface area contributed by atoms with Crippen LogP contribution in [0.15, 0.2) is 157 Å². The van der Waals surface area contributed by atoms with Crippen molar-refractivity contribution >= 4 is 82.6 Å². The molecule has 5 aromatic carbocycles. The zero-order chi connectivity index (χ0) is 90.8. The molecule has 670 valence electrons. The van der Waals surface area contributed by atoms with Crippen molar-refractivity contribution in [3.05, 3.63) is 218 Å². The number of esters is 1. The Morgan fingerprint density at radius 1 is 0.432 bits per heavy atom. The van der Waals surface area contributed by atoms with Gasteiger partial charge in [0.05, 0.1) is 30.5 Å². The number of aliphatic carboxylic acids is 1. The van der Waals surface area contributed by atoms with Gasteiger partial charge in [0.1, 0.15) is 163 Å². The maximum atomic E-state index is 12.1. The summed E-state index contributed by atoms with van der Waals surface area (Å²) in [7, 11) is 0. The molecule has 5 aromatic heterocycles. The summed E-state index contributed by atoms with van der Waals surface area (Å²) in [5.41, 5.74) is 23.2. The molecule has 15 heterocycles. The molecular formula is C95H83N15O22. The fourth-order valence-corrected chi connectivity index (χ4v) is 18.8. The first-order chi connectivity index (χ1) is 63.9. The minimum absolute atomic E-state index is 0.00871. The zero-order valence-electron chi connectivity index (χ0n) is 71.0. The number of fused-ring (bicyclic) bond motifs is 20. The fourth-order valence-electron chi connectivity index (χ4n) is 18.8. The number of carbonyl (C=O) groups is 9. The Balaban J connectivity index is 0.0000000997. The van der Waals surface area contributed by atoms with E-state index in [0.717, 1.165) is 90.1 Å². The Morgan fingerprint density at radius 3 is 1.07 bits per heavy atom. The number of nitrogens with one attached hydrogen (secondary N) is 6. The summed E-state index contributed by atoms with van der Waals surface area (Å²) in [5.74, 6) is 10.7. The summed E-state index contributed by atoms with van der Waals surface area (Å²) >= 11 is 0. The Bertz CT molecular complexity index is 6620. The predicted molar refractivity (Wildman–Crippen MR) is 464 cm³/mol. The second-order valence-electron chi connectivity index (χ2n) is 34.9. The Labute approximate surface area is 750 Å². The van der Waals surface area contributed by atoms with Crippen LogP contribution < -0.4 is 85.0 Å². The van der Waals surface area contributed by atoms with E-state index in [0.29, 0.717) is 158 Å². The van der Waals surface area contributed by atoms with Crippen LogP contribution in [0.2, 0.25) is 0 Å². The standard InChI is InChI=1S/C22H23N3O5.C20H18N2O5.C18H13N5O4.C18H14N2O5.C17H15N3O3/c1-22(2,3)30-21(27)25-18-17-13-10-11(4-6-14(13)29-19(17)18)28-15-8-9-23-20-12(15)5-7-16(26)24-20;1-2-25-20(24)17-16-12-9-10(3-5-13(12)27-18(16)17)26-14-7-8-21-19-11(14)4-6-15(23)22-19;19-23-22-18(25)15-14-10-7-8(1-3-11(10)27-16(14)15)26-12-5-6-20-17-9(12)2-4-13(24)21-17;21-13-4-2-9-12(5-6-19-17(9)20-13)24-8-1-3-11-10(7-8)14-15(18(22)23)16(14)25-11;18-15-14-10-7-8(1-3-11(10)23-16(14)15)22-12-5-6-19-17-9(12)2-4-13(21)20-17/h4,6,8-10,17-19H,5,7H2,1-3H3,(H,25,27)(H,23,24,26);3,5,7-9,16-18H,2,4,6H2,1H3,(H,21,22,23);1,3,5-7,14-16H,2,4H2,(H,20,21,24);1,3,5-7,14-16H,2,4H2,(H,22,23)(H,19,20,21);1,3,5-7,14-16H,2,4,18H2,(H,19,20,21)/t17-,18-,19-;16-,17-,18-;3*14-,15-,16-/m00000/s1. The van der Waals surface area contributed by atoms with E-state index in [1.165, 1.54) is 0 Å². The maximum Gasteiger partial charge on any atom is 0.408 e. The molecule has 0 saturated heterocycles.